The highest BCUT2D eigenvalue weighted by Crippen LogP contribution is 2.27. The third-order valence-corrected chi connectivity index (χ3v) is 5.71. The Morgan fingerprint density at radius 3 is 2.55 bits per heavy atom. The van der Waals surface area contributed by atoms with E-state index in [2.05, 4.69) is 0 Å². The van der Waals surface area contributed by atoms with Gasteiger partial charge in [-0.15, -0.1) is 0 Å². The van der Waals surface area contributed by atoms with E-state index >= 15 is 0 Å². The molecular formula is C14H20FNO3S. The van der Waals surface area contributed by atoms with E-state index in [-0.39, 0.29) is 11.5 Å². The number of rotatable bonds is 5. The van der Waals surface area contributed by atoms with Crippen LogP contribution >= 0.6 is 0 Å². The molecule has 2 rings (SSSR count). The molecule has 0 unspecified atom stereocenters. The first-order chi connectivity index (χ1) is 9.45. The minimum Gasteiger partial charge on any atom is -0.392 e. The molecule has 1 fully saturated rings. The highest BCUT2D eigenvalue weighted by Gasteiger charge is 2.27. The molecule has 0 heterocycles. The van der Waals surface area contributed by atoms with Crippen molar-refractivity contribution in [2.24, 2.45) is 5.92 Å². The maximum Gasteiger partial charge on any atom is 0.245 e. The molecule has 0 bridgehead atoms. The topological polar surface area (TPSA) is 57.6 Å². The lowest BCUT2D eigenvalue weighted by Gasteiger charge is -2.21. The molecule has 0 radical (unpaired) electrons. The monoisotopic (exact) mass is 301 g/mol. The van der Waals surface area contributed by atoms with Gasteiger partial charge >= 0.3 is 0 Å². The molecule has 4 nitrogen and oxygen atoms in total. The SMILES string of the molecule is CN(CC1CCCC1)S(=O)(=O)c1ccc(CO)cc1F. The van der Waals surface area contributed by atoms with E-state index in [4.69, 9.17) is 5.11 Å². The first kappa shape index (κ1) is 15.4. The summed E-state index contributed by atoms with van der Waals surface area (Å²) in [5.74, 6) is -0.440. The Morgan fingerprint density at radius 2 is 2.00 bits per heavy atom. The Bertz CT molecular complexity index is 568. The van der Waals surface area contributed by atoms with Crippen LogP contribution in [0.3, 0.4) is 0 Å². The molecule has 0 atom stereocenters. The van der Waals surface area contributed by atoms with Crippen LogP contribution in [0, 0.1) is 11.7 Å². The summed E-state index contributed by atoms with van der Waals surface area (Å²) in [7, 11) is -2.31. The maximum absolute atomic E-state index is 13.9. The van der Waals surface area contributed by atoms with E-state index in [1.807, 2.05) is 0 Å². The van der Waals surface area contributed by atoms with Crippen LogP contribution in [-0.4, -0.2) is 31.4 Å². The molecule has 0 aliphatic heterocycles. The minimum absolute atomic E-state index is 0.310. The number of hydrogen-bond donors (Lipinski definition) is 1. The molecule has 1 aromatic carbocycles. The van der Waals surface area contributed by atoms with Gasteiger partial charge in [0.25, 0.3) is 0 Å². The smallest absolute Gasteiger partial charge is 0.245 e. The van der Waals surface area contributed by atoms with Crippen molar-refractivity contribution in [1.29, 1.82) is 0 Å². The van der Waals surface area contributed by atoms with Crippen molar-refractivity contribution in [2.45, 2.75) is 37.2 Å². The maximum atomic E-state index is 13.9. The Kier molecular flexibility index (Phi) is 4.78. The van der Waals surface area contributed by atoms with Crippen molar-refractivity contribution in [3.05, 3.63) is 29.6 Å². The van der Waals surface area contributed by atoms with Crippen LogP contribution in [0.25, 0.3) is 0 Å². The summed E-state index contributed by atoms with van der Waals surface area (Å²) in [4.78, 5) is -0.324. The fraction of sp³-hybridized carbons (Fsp3) is 0.571. The summed E-state index contributed by atoms with van der Waals surface area (Å²) >= 11 is 0. The van der Waals surface area contributed by atoms with Gasteiger partial charge in [-0.2, -0.15) is 0 Å². The Hall–Kier alpha value is -0.980. The highest BCUT2D eigenvalue weighted by atomic mass is 32.2. The van der Waals surface area contributed by atoms with Gasteiger partial charge in [-0.25, -0.2) is 17.1 Å². The van der Waals surface area contributed by atoms with Gasteiger partial charge in [0.2, 0.25) is 10.0 Å². The standard InChI is InChI=1S/C14H20FNO3S/c1-16(9-11-4-2-3-5-11)20(18,19)14-7-6-12(10-17)8-13(14)15/h6-8,11,17H,2-5,9-10H2,1H3. The summed E-state index contributed by atoms with van der Waals surface area (Å²) < 4.78 is 39.9. The van der Waals surface area contributed by atoms with Gasteiger partial charge in [-0.05, 0) is 36.5 Å². The average Bonchev–Trinajstić information content (AvgIpc) is 2.91. The molecule has 0 saturated heterocycles. The summed E-state index contributed by atoms with van der Waals surface area (Å²) in [5, 5.41) is 8.93. The second-order valence-corrected chi connectivity index (χ2v) is 7.37. The number of benzene rings is 1. The third kappa shape index (κ3) is 3.19. The third-order valence-electron chi connectivity index (χ3n) is 3.86. The lowest BCUT2D eigenvalue weighted by molar-refractivity contribution is 0.281. The van der Waals surface area contributed by atoms with Crippen LogP contribution in [0.4, 0.5) is 4.39 Å². The average molecular weight is 301 g/mol. The molecule has 0 spiro atoms. The molecule has 112 valence electrons. The van der Waals surface area contributed by atoms with Crippen LogP contribution in [0.2, 0.25) is 0 Å². The molecule has 1 aliphatic rings. The normalized spacial score (nSPS) is 17.0. The van der Waals surface area contributed by atoms with Crippen LogP contribution < -0.4 is 0 Å². The number of hydrogen-bond acceptors (Lipinski definition) is 3. The zero-order chi connectivity index (χ0) is 14.8. The number of halogens is 1. The summed E-state index contributed by atoms with van der Waals surface area (Å²) in [6.07, 6.45) is 4.34. The van der Waals surface area contributed by atoms with Gasteiger partial charge in [-0.3, -0.25) is 0 Å². The summed E-state index contributed by atoms with van der Waals surface area (Å²) in [5.41, 5.74) is 0.361. The summed E-state index contributed by atoms with van der Waals surface area (Å²) in [6, 6.07) is 3.72. The number of sulfonamides is 1. The van der Waals surface area contributed by atoms with Crippen molar-refractivity contribution in [1.82, 2.24) is 4.31 Å². The number of nitrogens with zero attached hydrogens (tertiary/aromatic N) is 1. The molecular weight excluding hydrogens is 281 g/mol. The van der Waals surface area contributed by atoms with Crippen molar-refractivity contribution < 1.29 is 17.9 Å². The fourth-order valence-electron chi connectivity index (χ4n) is 2.67. The predicted molar refractivity (Wildman–Crippen MR) is 74.1 cm³/mol. The zero-order valence-corrected chi connectivity index (χ0v) is 12.4. The molecule has 1 saturated carbocycles. The van der Waals surface area contributed by atoms with E-state index in [1.165, 1.54) is 23.5 Å². The summed E-state index contributed by atoms with van der Waals surface area (Å²) in [6.45, 7) is 0.124. The van der Waals surface area contributed by atoms with E-state index in [1.54, 1.807) is 0 Å². The van der Waals surface area contributed by atoms with Crippen molar-refractivity contribution >= 4 is 10.0 Å². The molecule has 0 aromatic heterocycles. The van der Waals surface area contributed by atoms with Crippen LogP contribution in [-0.2, 0) is 16.6 Å². The van der Waals surface area contributed by atoms with E-state index in [9.17, 15) is 12.8 Å². The molecule has 0 amide bonds. The Morgan fingerprint density at radius 1 is 1.35 bits per heavy atom. The second kappa shape index (κ2) is 6.20. The van der Waals surface area contributed by atoms with Gasteiger partial charge in [0.1, 0.15) is 10.7 Å². The van der Waals surface area contributed by atoms with Crippen molar-refractivity contribution in [3.63, 3.8) is 0 Å². The van der Waals surface area contributed by atoms with E-state index in [0.717, 1.165) is 31.7 Å². The zero-order valence-electron chi connectivity index (χ0n) is 11.5. The molecule has 6 heteroatoms. The van der Waals surface area contributed by atoms with Crippen LogP contribution in [0.15, 0.2) is 23.1 Å². The molecule has 1 aromatic rings. The molecule has 20 heavy (non-hydrogen) atoms. The van der Waals surface area contributed by atoms with Gasteiger partial charge in [0.05, 0.1) is 6.61 Å². The second-order valence-electron chi connectivity index (χ2n) is 5.36. The van der Waals surface area contributed by atoms with Crippen LogP contribution in [0.5, 0.6) is 0 Å². The quantitative estimate of drug-likeness (QED) is 0.906. The Balaban J connectivity index is 2.20. The van der Waals surface area contributed by atoms with Crippen molar-refractivity contribution in [2.75, 3.05) is 13.6 Å². The van der Waals surface area contributed by atoms with Crippen LogP contribution in [0.1, 0.15) is 31.2 Å². The largest absolute Gasteiger partial charge is 0.392 e. The number of aliphatic hydroxyl groups excluding tert-OH is 1. The van der Waals surface area contributed by atoms with E-state index < -0.39 is 15.8 Å². The molecule has 1 aliphatic carbocycles. The van der Waals surface area contributed by atoms with Gasteiger partial charge in [-0.1, -0.05) is 18.9 Å². The molecule has 1 N–H and O–H groups in total. The van der Waals surface area contributed by atoms with Gasteiger partial charge in [0, 0.05) is 13.6 Å². The lowest BCUT2D eigenvalue weighted by Crippen LogP contribution is -2.31. The fourth-order valence-corrected chi connectivity index (χ4v) is 3.96. The number of aliphatic hydroxyl groups is 1. The predicted octanol–water partition coefficient (Wildman–Crippen LogP) is 2.13. The van der Waals surface area contributed by atoms with Crippen molar-refractivity contribution in [3.8, 4) is 0 Å². The lowest BCUT2D eigenvalue weighted by atomic mass is 10.1. The highest BCUT2D eigenvalue weighted by molar-refractivity contribution is 7.89. The minimum atomic E-state index is -3.81. The van der Waals surface area contributed by atoms with Gasteiger partial charge in [0.15, 0.2) is 0 Å². The van der Waals surface area contributed by atoms with Gasteiger partial charge < -0.3 is 5.11 Å². The first-order valence-electron chi connectivity index (χ1n) is 6.81. The first-order valence-corrected chi connectivity index (χ1v) is 8.25. The van der Waals surface area contributed by atoms with E-state index in [0.29, 0.717) is 18.0 Å². The Labute approximate surface area is 119 Å².